The van der Waals surface area contributed by atoms with Crippen LogP contribution in [-0.2, 0) is 0 Å². The van der Waals surface area contributed by atoms with E-state index in [-0.39, 0.29) is 0 Å². The zero-order valence-electron chi connectivity index (χ0n) is 69.2. The second-order valence-electron chi connectivity index (χ2n) is 32.2. The van der Waals surface area contributed by atoms with Crippen LogP contribution in [0.4, 0.5) is 0 Å². The van der Waals surface area contributed by atoms with Crippen LogP contribution < -0.4 is 0 Å². The molecule has 0 saturated carbocycles. The second-order valence-corrected chi connectivity index (χ2v) is 35.4. The summed E-state index contributed by atoms with van der Waals surface area (Å²) in [4.78, 5) is 44.7. The highest BCUT2D eigenvalue weighted by atomic mass is 32.1. The third-order valence-corrected chi connectivity index (χ3v) is 27.7. The van der Waals surface area contributed by atoms with E-state index < -0.39 is 0 Å². The fourth-order valence-electron chi connectivity index (χ4n) is 18.1. The van der Waals surface area contributed by atoms with Gasteiger partial charge in [0.15, 0.2) is 52.4 Å². The van der Waals surface area contributed by atoms with Crippen LogP contribution in [0.2, 0.25) is 0 Å². The predicted octanol–water partition coefficient (Wildman–Crippen LogP) is 32.0. The standard InChI is InChI=1S/2C41H25N3S.C35H21N3S/c1-3-10-26(11-4-1)29-14-9-15-31(24-29)40-42-39(28-12-5-2-6-13-28)43-41(44-40)32-20-22-33-30(25-32)19-18-27-21-23-36-38(37(27)33)34-16-7-8-17-35(34)45-36;1-3-9-26(10-4-1)27-15-18-30(19-16-27)40-42-39(29-11-5-2-6-12-29)43-41(44-40)32-21-23-33-31(25-32)20-17-28-22-24-36-38(37(28)33)34-13-7-8-14-35(34)45-36;1-3-9-23(10-4-1)33-36-34(24-11-5-2-6-12-24)38-35(37-33)26-17-19-27-25(21-26)16-15-22-18-20-30-32(31(22)27)28-13-7-8-14-29(28)39-30/h2*1-25H;1-21H. The van der Waals surface area contributed by atoms with Gasteiger partial charge in [0.2, 0.25) is 0 Å². The Morgan fingerprint density at radius 1 is 0.116 bits per heavy atom. The number of aromatic nitrogens is 9. The molecule has 0 spiro atoms. The van der Waals surface area contributed by atoms with Gasteiger partial charge >= 0.3 is 0 Å². The lowest BCUT2D eigenvalue weighted by atomic mass is 9.96. The van der Waals surface area contributed by atoms with Crippen molar-refractivity contribution in [1.29, 1.82) is 0 Å². The number of hydrogen-bond acceptors (Lipinski definition) is 12. The highest BCUT2D eigenvalue weighted by molar-refractivity contribution is 7.27. The van der Waals surface area contributed by atoms with Crippen molar-refractivity contribution < 1.29 is 0 Å². The molecule has 0 amide bonds. The minimum atomic E-state index is 0.654. The van der Waals surface area contributed by atoms with Crippen molar-refractivity contribution >= 4 is 159 Å². The summed E-state index contributed by atoms with van der Waals surface area (Å²) < 4.78 is 7.90. The van der Waals surface area contributed by atoms with E-state index in [0.717, 1.165) is 72.1 Å². The molecule has 26 aromatic rings. The molecule has 0 radical (unpaired) electrons. The van der Waals surface area contributed by atoms with Crippen molar-refractivity contribution in [3.8, 4) is 125 Å². The number of rotatable bonds is 11. The summed E-state index contributed by atoms with van der Waals surface area (Å²) in [6, 6.07) is 151. The summed E-state index contributed by atoms with van der Waals surface area (Å²) >= 11 is 5.57. The van der Waals surface area contributed by atoms with Crippen molar-refractivity contribution in [3.63, 3.8) is 0 Å². The zero-order valence-corrected chi connectivity index (χ0v) is 71.7. The van der Waals surface area contributed by atoms with E-state index in [0.29, 0.717) is 52.4 Å². The Morgan fingerprint density at radius 3 is 0.643 bits per heavy atom. The Kier molecular flexibility index (Phi) is 19.3. The smallest absolute Gasteiger partial charge is 0.164 e. The van der Waals surface area contributed by atoms with Gasteiger partial charge in [0.1, 0.15) is 0 Å². The lowest BCUT2D eigenvalue weighted by molar-refractivity contribution is 1.07. The highest BCUT2D eigenvalue weighted by Gasteiger charge is 2.22. The lowest BCUT2D eigenvalue weighted by Gasteiger charge is -2.11. The SMILES string of the molecule is c1ccc(-c2ccc(-c3nc(-c4ccccc4)nc(-c4ccc5c(ccc6ccc7sc8ccccc8c7c65)c4)n3)cc2)cc1.c1ccc(-c2cccc(-c3nc(-c4ccccc4)nc(-c4ccc5c(ccc6ccc7sc8ccccc8c7c65)c4)n3)c2)cc1.c1ccc(-c2nc(-c3ccccc3)nc(-c3ccc4c(ccc5ccc6sc7ccccc7c6c54)c3)n2)cc1. The Bertz CT molecular complexity index is 8800. The summed E-state index contributed by atoms with van der Waals surface area (Å²) in [5.41, 5.74) is 13.3. The summed E-state index contributed by atoms with van der Waals surface area (Å²) in [5, 5.41) is 22.8. The van der Waals surface area contributed by atoms with Crippen LogP contribution in [0.25, 0.3) is 250 Å². The van der Waals surface area contributed by atoms with E-state index in [4.69, 9.17) is 44.9 Å². The molecular formula is C117H71N9S3. The van der Waals surface area contributed by atoms with Crippen LogP contribution in [0.5, 0.6) is 0 Å². The highest BCUT2D eigenvalue weighted by Crippen LogP contribution is 2.47. The van der Waals surface area contributed by atoms with Crippen molar-refractivity contribution in [2.75, 3.05) is 0 Å². The fraction of sp³-hybridized carbons (Fsp3) is 0. The van der Waals surface area contributed by atoms with Crippen molar-refractivity contribution in [3.05, 3.63) is 431 Å². The molecule has 26 rings (SSSR count). The first-order valence-corrected chi connectivity index (χ1v) is 45.5. The van der Waals surface area contributed by atoms with E-state index >= 15 is 0 Å². The maximum atomic E-state index is 5.07. The molecular weight excluding hydrogens is 1630 g/mol. The van der Waals surface area contributed by atoms with Crippen LogP contribution in [0.15, 0.2) is 431 Å². The van der Waals surface area contributed by atoms with Crippen LogP contribution in [0.1, 0.15) is 0 Å². The van der Waals surface area contributed by atoms with Gasteiger partial charge in [-0.1, -0.05) is 370 Å². The van der Waals surface area contributed by atoms with E-state index in [1.807, 2.05) is 167 Å². The Hall–Kier alpha value is -16.4. The number of fused-ring (bicyclic) bond motifs is 21. The number of hydrogen-bond donors (Lipinski definition) is 0. The van der Waals surface area contributed by atoms with Crippen LogP contribution in [0, 0.1) is 0 Å². The van der Waals surface area contributed by atoms with Gasteiger partial charge in [-0.2, -0.15) is 0 Å². The predicted molar refractivity (Wildman–Crippen MR) is 543 cm³/mol. The maximum absolute atomic E-state index is 5.07. The minimum absolute atomic E-state index is 0.654. The molecule has 12 heteroatoms. The summed E-state index contributed by atoms with van der Waals surface area (Å²) in [6.07, 6.45) is 0. The third-order valence-electron chi connectivity index (χ3n) is 24.3. The molecule has 0 fully saturated rings. The third kappa shape index (κ3) is 14.4. The van der Waals surface area contributed by atoms with Crippen LogP contribution in [-0.4, -0.2) is 44.9 Å². The van der Waals surface area contributed by atoms with Gasteiger partial charge < -0.3 is 0 Å². The molecule has 9 nitrogen and oxygen atoms in total. The van der Waals surface area contributed by atoms with Gasteiger partial charge in [0.25, 0.3) is 0 Å². The summed E-state index contributed by atoms with van der Waals surface area (Å²) in [5.74, 6) is 5.96. The fourth-order valence-corrected chi connectivity index (χ4v) is 21.4. The van der Waals surface area contributed by atoms with Gasteiger partial charge in [-0.15, -0.1) is 34.0 Å². The first-order valence-electron chi connectivity index (χ1n) is 43.0. The average molecular weight is 1700 g/mol. The van der Waals surface area contributed by atoms with E-state index in [9.17, 15) is 0 Å². The largest absolute Gasteiger partial charge is 0.208 e. The van der Waals surface area contributed by atoms with Crippen molar-refractivity contribution in [1.82, 2.24) is 44.9 Å². The summed E-state index contributed by atoms with van der Waals surface area (Å²) in [7, 11) is 0. The maximum Gasteiger partial charge on any atom is 0.164 e. The number of thiophene rings is 3. The molecule has 0 bridgehead atoms. The molecule has 6 heterocycles. The molecule has 0 aliphatic carbocycles. The van der Waals surface area contributed by atoms with Gasteiger partial charge in [-0.05, 0) is 148 Å². The molecule has 0 N–H and O–H groups in total. The molecule has 0 unspecified atom stereocenters. The van der Waals surface area contributed by atoms with E-state index in [1.54, 1.807) is 0 Å². The number of benzene rings is 20. The van der Waals surface area contributed by atoms with E-state index in [2.05, 4.69) is 297 Å². The van der Waals surface area contributed by atoms with Crippen molar-refractivity contribution in [2.24, 2.45) is 0 Å². The zero-order chi connectivity index (χ0) is 85.2. The molecule has 602 valence electrons. The Balaban J connectivity index is 0.000000108. The normalized spacial score (nSPS) is 11.6. The minimum Gasteiger partial charge on any atom is -0.208 e. The molecule has 129 heavy (non-hydrogen) atoms. The number of nitrogens with zero attached hydrogens (tertiary/aromatic N) is 9. The van der Waals surface area contributed by atoms with Gasteiger partial charge in [-0.3, -0.25) is 0 Å². The average Bonchev–Trinajstić information content (AvgIpc) is 1.68. The lowest BCUT2D eigenvalue weighted by Crippen LogP contribution is -2.00. The molecule has 0 aliphatic heterocycles. The molecule has 20 aromatic carbocycles. The van der Waals surface area contributed by atoms with Gasteiger partial charge in [-0.25, -0.2) is 44.9 Å². The quantitative estimate of drug-likeness (QED) is 0.117. The Morgan fingerprint density at radius 2 is 0.326 bits per heavy atom. The topological polar surface area (TPSA) is 116 Å². The molecule has 0 aliphatic rings. The summed E-state index contributed by atoms with van der Waals surface area (Å²) in [6.45, 7) is 0. The first kappa shape index (κ1) is 76.3. The van der Waals surface area contributed by atoms with E-state index in [1.165, 1.54) is 125 Å². The molecule has 0 saturated heterocycles. The monoisotopic (exact) mass is 1700 g/mol. The molecule has 0 atom stereocenters. The Labute approximate surface area is 753 Å². The van der Waals surface area contributed by atoms with Gasteiger partial charge in [0.05, 0.1) is 0 Å². The van der Waals surface area contributed by atoms with Crippen LogP contribution in [0.3, 0.4) is 0 Å². The van der Waals surface area contributed by atoms with Gasteiger partial charge in [0, 0.05) is 111 Å². The van der Waals surface area contributed by atoms with Crippen molar-refractivity contribution in [2.45, 2.75) is 0 Å². The van der Waals surface area contributed by atoms with Crippen LogP contribution >= 0.6 is 34.0 Å². The second kappa shape index (κ2) is 32.6. The first-order chi connectivity index (χ1) is 63.9. The molecule has 6 aromatic heterocycles.